The third-order valence-corrected chi connectivity index (χ3v) is 4.77. The Balaban J connectivity index is 2.28. The van der Waals surface area contributed by atoms with Gasteiger partial charge in [0.1, 0.15) is 0 Å². The molecule has 2 rings (SSSR count). The molecule has 0 spiro atoms. The first-order valence-corrected chi connectivity index (χ1v) is 7.51. The maximum atomic E-state index is 12.3. The Morgan fingerprint density at radius 2 is 1.72 bits per heavy atom. The van der Waals surface area contributed by atoms with E-state index in [2.05, 4.69) is 0 Å². The van der Waals surface area contributed by atoms with Gasteiger partial charge in [0.25, 0.3) is 0 Å². The predicted molar refractivity (Wildman–Crippen MR) is 66.2 cm³/mol. The molecule has 4 nitrogen and oxygen atoms in total. The van der Waals surface area contributed by atoms with Crippen LogP contribution in [0.2, 0.25) is 0 Å². The summed E-state index contributed by atoms with van der Waals surface area (Å²) in [5.74, 6) is -0.900. The van der Waals surface area contributed by atoms with Crippen molar-refractivity contribution in [2.75, 3.05) is 0 Å². The number of carbonyl (C=O) groups is 1. The van der Waals surface area contributed by atoms with Crippen LogP contribution in [0, 0.1) is 5.92 Å². The Bertz CT molecular complexity index is 521. The van der Waals surface area contributed by atoms with E-state index >= 15 is 0 Å². The lowest BCUT2D eigenvalue weighted by atomic mass is 9.83. The van der Waals surface area contributed by atoms with Crippen molar-refractivity contribution in [1.82, 2.24) is 0 Å². The zero-order valence-electron chi connectivity index (χ0n) is 9.91. The fourth-order valence-corrected chi connectivity index (χ4v) is 3.68. The fourth-order valence-electron chi connectivity index (χ4n) is 2.56. The first-order chi connectivity index (χ1) is 8.50. The van der Waals surface area contributed by atoms with Gasteiger partial charge in [-0.3, -0.25) is 4.79 Å². The largest absolute Gasteiger partial charge is 0.748 e. The molecule has 0 bridgehead atoms. The summed E-state index contributed by atoms with van der Waals surface area (Å²) in [6.07, 6.45) is 2.29. The highest BCUT2D eigenvalue weighted by Crippen LogP contribution is 2.31. The summed E-state index contributed by atoms with van der Waals surface area (Å²) in [6.45, 7) is 0. The quantitative estimate of drug-likeness (QED) is 0.620. The maximum Gasteiger partial charge on any atom is 0.167 e. The molecule has 0 N–H and O–H groups in total. The number of hydrogen-bond acceptors (Lipinski definition) is 4. The highest BCUT2D eigenvalue weighted by molar-refractivity contribution is 7.86. The molecule has 2 atom stereocenters. The maximum absolute atomic E-state index is 12.3. The Kier molecular flexibility index (Phi) is 3.82. The Hall–Kier alpha value is -1.20. The van der Waals surface area contributed by atoms with E-state index in [4.69, 9.17) is 0 Å². The van der Waals surface area contributed by atoms with Gasteiger partial charge in [-0.2, -0.15) is 0 Å². The zero-order valence-corrected chi connectivity index (χ0v) is 10.7. The first-order valence-electron chi connectivity index (χ1n) is 6.04. The smallest absolute Gasteiger partial charge is 0.167 e. The van der Waals surface area contributed by atoms with Gasteiger partial charge in [0.05, 0.1) is 15.4 Å². The summed E-state index contributed by atoms with van der Waals surface area (Å²) in [4.78, 5) is 12.3. The summed E-state index contributed by atoms with van der Waals surface area (Å²) in [6, 6.07) is 8.57. The second kappa shape index (κ2) is 5.20. The first kappa shape index (κ1) is 13.2. The van der Waals surface area contributed by atoms with Gasteiger partial charge in [0.2, 0.25) is 0 Å². The lowest BCUT2D eigenvalue weighted by Gasteiger charge is -2.32. The van der Waals surface area contributed by atoms with Crippen LogP contribution in [0.25, 0.3) is 0 Å². The second-order valence-corrected chi connectivity index (χ2v) is 6.24. The van der Waals surface area contributed by atoms with Gasteiger partial charge < -0.3 is 4.55 Å². The summed E-state index contributed by atoms with van der Waals surface area (Å²) in [5.41, 5.74) is 0.484. The average molecular weight is 267 g/mol. The molecular formula is C13H15O4S-. The van der Waals surface area contributed by atoms with E-state index in [1.54, 1.807) is 30.3 Å². The highest BCUT2D eigenvalue weighted by atomic mass is 32.2. The number of ketones is 1. The van der Waals surface area contributed by atoms with Crippen molar-refractivity contribution < 1.29 is 17.8 Å². The van der Waals surface area contributed by atoms with Crippen molar-refractivity contribution >= 4 is 15.9 Å². The molecule has 98 valence electrons. The third-order valence-electron chi connectivity index (χ3n) is 3.47. The summed E-state index contributed by atoms with van der Waals surface area (Å²) < 4.78 is 33.7. The monoisotopic (exact) mass is 267 g/mol. The van der Waals surface area contributed by atoms with Crippen LogP contribution in [-0.2, 0) is 10.1 Å². The fraction of sp³-hybridized carbons (Fsp3) is 0.462. The van der Waals surface area contributed by atoms with Gasteiger partial charge >= 0.3 is 0 Å². The molecule has 1 aliphatic carbocycles. The van der Waals surface area contributed by atoms with Gasteiger partial charge in [-0.05, 0) is 12.8 Å². The molecular weight excluding hydrogens is 252 g/mol. The van der Waals surface area contributed by atoms with E-state index in [9.17, 15) is 17.8 Å². The molecule has 0 saturated heterocycles. The second-order valence-electron chi connectivity index (χ2n) is 4.65. The third kappa shape index (κ3) is 2.79. The summed E-state index contributed by atoms with van der Waals surface area (Å²) in [5, 5.41) is -1.06. The molecule has 18 heavy (non-hydrogen) atoms. The standard InChI is InChI=1S/C13H16O4S/c14-13(10-6-2-1-3-7-10)11-8-4-5-9-12(11)18(15,16)17/h1-3,6-7,11-12H,4-5,8-9H2,(H,15,16,17)/p-1. The lowest BCUT2D eigenvalue weighted by molar-refractivity contribution is 0.0889. The number of rotatable bonds is 3. The Labute approximate surface area is 107 Å². The van der Waals surface area contributed by atoms with Crippen molar-refractivity contribution in [3.05, 3.63) is 35.9 Å². The van der Waals surface area contributed by atoms with Crippen LogP contribution in [0.4, 0.5) is 0 Å². The number of benzene rings is 1. The van der Waals surface area contributed by atoms with Gasteiger partial charge in [0, 0.05) is 11.5 Å². The number of Topliss-reactive ketones (excluding diaryl/α,β-unsaturated/α-hetero) is 1. The molecule has 0 heterocycles. The molecule has 0 radical (unpaired) electrons. The molecule has 0 aliphatic heterocycles. The molecule has 0 amide bonds. The minimum absolute atomic E-state index is 0.222. The molecule has 5 heteroatoms. The molecule has 1 fully saturated rings. The molecule has 1 saturated carbocycles. The minimum atomic E-state index is -4.40. The molecule has 2 unspecified atom stereocenters. The predicted octanol–water partition coefficient (Wildman–Crippen LogP) is 1.97. The molecule has 1 aromatic carbocycles. The SMILES string of the molecule is O=C(c1ccccc1)C1CCCCC1S(=O)(=O)[O-]. The van der Waals surface area contributed by atoms with Crippen LogP contribution in [0.5, 0.6) is 0 Å². The van der Waals surface area contributed by atoms with Crippen molar-refractivity contribution in [2.24, 2.45) is 5.92 Å². The number of hydrogen-bond donors (Lipinski definition) is 0. The van der Waals surface area contributed by atoms with Crippen LogP contribution in [0.15, 0.2) is 30.3 Å². The van der Waals surface area contributed by atoms with Crippen LogP contribution < -0.4 is 0 Å². The Morgan fingerprint density at radius 3 is 2.33 bits per heavy atom. The van der Waals surface area contributed by atoms with Crippen molar-refractivity contribution in [3.8, 4) is 0 Å². The van der Waals surface area contributed by atoms with Crippen LogP contribution in [-0.4, -0.2) is 24.0 Å². The van der Waals surface area contributed by atoms with Crippen molar-refractivity contribution in [3.63, 3.8) is 0 Å². The number of carbonyl (C=O) groups excluding carboxylic acids is 1. The summed E-state index contributed by atoms with van der Waals surface area (Å²) >= 11 is 0. The molecule has 1 aromatic rings. The van der Waals surface area contributed by atoms with Gasteiger partial charge in [-0.1, -0.05) is 43.2 Å². The van der Waals surface area contributed by atoms with Crippen LogP contribution in [0.1, 0.15) is 36.0 Å². The van der Waals surface area contributed by atoms with Gasteiger partial charge in [-0.25, -0.2) is 8.42 Å². The van der Waals surface area contributed by atoms with Gasteiger partial charge in [0.15, 0.2) is 5.78 Å². The summed E-state index contributed by atoms with van der Waals surface area (Å²) in [7, 11) is -4.40. The minimum Gasteiger partial charge on any atom is -0.748 e. The van der Waals surface area contributed by atoms with E-state index in [0.717, 1.165) is 6.42 Å². The lowest BCUT2D eigenvalue weighted by Crippen LogP contribution is -2.37. The van der Waals surface area contributed by atoms with Crippen molar-refractivity contribution in [1.29, 1.82) is 0 Å². The average Bonchev–Trinajstić information content (AvgIpc) is 2.38. The van der Waals surface area contributed by atoms with E-state index in [1.165, 1.54) is 0 Å². The topological polar surface area (TPSA) is 74.3 Å². The Morgan fingerprint density at radius 1 is 1.11 bits per heavy atom. The van der Waals surface area contributed by atoms with E-state index < -0.39 is 21.3 Å². The molecule has 0 aromatic heterocycles. The molecule has 1 aliphatic rings. The highest BCUT2D eigenvalue weighted by Gasteiger charge is 2.35. The van der Waals surface area contributed by atoms with Crippen LogP contribution >= 0.6 is 0 Å². The normalized spacial score (nSPS) is 24.7. The van der Waals surface area contributed by atoms with Crippen molar-refractivity contribution in [2.45, 2.75) is 30.9 Å². The van der Waals surface area contributed by atoms with E-state index in [-0.39, 0.29) is 5.78 Å². The van der Waals surface area contributed by atoms with Gasteiger partial charge in [-0.15, -0.1) is 0 Å². The van der Waals surface area contributed by atoms with Crippen LogP contribution in [0.3, 0.4) is 0 Å². The van der Waals surface area contributed by atoms with E-state index in [1.807, 2.05) is 0 Å². The zero-order chi connectivity index (χ0) is 13.2. The van der Waals surface area contributed by atoms with E-state index in [0.29, 0.717) is 24.8 Å².